The molecule has 0 amide bonds. The Morgan fingerprint density at radius 2 is 2.22 bits per heavy atom. The van der Waals surface area contributed by atoms with Crippen LogP contribution in [0.4, 0.5) is 0 Å². The van der Waals surface area contributed by atoms with Crippen LogP contribution in [0.3, 0.4) is 0 Å². The van der Waals surface area contributed by atoms with E-state index in [1.807, 2.05) is 0 Å². The number of aromatic nitrogens is 2. The summed E-state index contributed by atoms with van der Waals surface area (Å²) in [7, 11) is 1.45. The Morgan fingerprint density at radius 1 is 1.39 bits per heavy atom. The number of thiazole rings is 1. The Balaban J connectivity index is 1.80. The molecule has 0 fully saturated rings. The predicted octanol–water partition coefficient (Wildman–Crippen LogP) is 2.78. The van der Waals surface area contributed by atoms with Crippen molar-refractivity contribution in [1.82, 2.24) is 9.38 Å². The quantitative estimate of drug-likeness (QED) is 0.677. The summed E-state index contributed by atoms with van der Waals surface area (Å²) in [6, 6.07) is 6.00. The average Bonchev–Trinajstić information content (AvgIpc) is 3.01. The number of hydrogen-bond donors (Lipinski definition) is 0. The Kier molecular flexibility index (Phi) is 4.31. The number of benzene rings is 1. The minimum absolute atomic E-state index is 0.113. The fraction of sp³-hybridized carbons (Fsp3) is 0.133. The van der Waals surface area contributed by atoms with E-state index in [2.05, 4.69) is 4.98 Å². The monoisotopic (exact) mass is 350 g/mol. The Labute approximate surface area is 139 Å². The lowest BCUT2D eigenvalue weighted by Gasteiger charge is -2.09. The van der Waals surface area contributed by atoms with E-state index < -0.39 is 5.97 Å². The zero-order chi connectivity index (χ0) is 16.4. The molecule has 3 rings (SSSR count). The van der Waals surface area contributed by atoms with Gasteiger partial charge in [0.1, 0.15) is 17.9 Å². The van der Waals surface area contributed by atoms with Gasteiger partial charge in [-0.2, -0.15) is 0 Å². The fourth-order valence-corrected chi connectivity index (χ4v) is 2.93. The first kappa shape index (κ1) is 15.5. The molecule has 23 heavy (non-hydrogen) atoms. The van der Waals surface area contributed by atoms with Crippen LogP contribution in [0.1, 0.15) is 16.1 Å². The van der Waals surface area contributed by atoms with E-state index >= 15 is 0 Å². The summed E-state index contributed by atoms with van der Waals surface area (Å²) >= 11 is 7.22. The first-order chi connectivity index (χ1) is 11.1. The molecule has 0 spiro atoms. The second kappa shape index (κ2) is 6.39. The molecule has 0 aliphatic heterocycles. The van der Waals surface area contributed by atoms with E-state index in [1.54, 1.807) is 23.7 Å². The molecule has 0 saturated heterocycles. The minimum Gasteiger partial charge on any atom is -0.496 e. The summed E-state index contributed by atoms with van der Waals surface area (Å²) < 4.78 is 11.7. The highest BCUT2D eigenvalue weighted by Gasteiger charge is 2.15. The number of carbonyl (C=O) groups is 1. The van der Waals surface area contributed by atoms with E-state index in [0.29, 0.717) is 21.4 Å². The van der Waals surface area contributed by atoms with Gasteiger partial charge in [-0.15, -0.1) is 11.3 Å². The van der Waals surface area contributed by atoms with Gasteiger partial charge in [-0.25, -0.2) is 9.78 Å². The van der Waals surface area contributed by atoms with E-state index in [-0.39, 0.29) is 17.7 Å². The van der Waals surface area contributed by atoms with Crippen molar-refractivity contribution in [3.63, 3.8) is 0 Å². The second-order valence-electron chi connectivity index (χ2n) is 4.56. The van der Waals surface area contributed by atoms with Crippen LogP contribution >= 0.6 is 22.9 Å². The van der Waals surface area contributed by atoms with Crippen LogP contribution in [0.2, 0.25) is 5.02 Å². The summed E-state index contributed by atoms with van der Waals surface area (Å²) in [5, 5.41) is 2.16. The number of ether oxygens (including phenoxy) is 2. The van der Waals surface area contributed by atoms with Crippen LogP contribution in [0.15, 0.2) is 40.6 Å². The van der Waals surface area contributed by atoms with E-state index in [1.165, 1.54) is 35.0 Å². The lowest BCUT2D eigenvalue weighted by atomic mass is 10.2. The van der Waals surface area contributed by atoms with Crippen molar-refractivity contribution in [2.75, 3.05) is 7.11 Å². The molecule has 118 valence electrons. The Hall–Kier alpha value is -2.38. The van der Waals surface area contributed by atoms with Gasteiger partial charge in [0.15, 0.2) is 4.96 Å². The van der Waals surface area contributed by atoms with Crippen LogP contribution < -0.4 is 10.3 Å². The molecule has 2 aromatic heterocycles. The third-order valence-electron chi connectivity index (χ3n) is 3.09. The van der Waals surface area contributed by atoms with E-state index in [9.17, 15) is 9.59 Å². The molecule has 0 radical (unpaired) electrons. The van der Waals surface area contributed by atoms with Crippen molar-refractivity contribution in [3.8, 4) is 5.75 Å². The summed E-state index contributed by atoms with van der Waals surface area (Å²) in [5.41, 5.74) is 0.378. The molecule has 0 saturated carbocycles. The standard InChI is InChI=1S/C15H11ClN2O4S/c1-21-12-3-2-9(16)6-11(12)14(20)22-8-10-7-13(19)18-4-5-23-15(18)17-10/h2-7H,8H2,1H3. The molecular formula is C15H11ClN2O4S. The van der Waals surface area contributed by atoms with Crippen LogP contribution in [-0.2, 0) is 11.3 Å². The highest BCUT2D eigenvalue weighted by molar-refractivity contribution is 7.15. The van der Waals surface area contributed by atoms with E-state index in [0.717, 1.165) is 0 Å². The third-order valence-corrected chi connectivity index (χ3v) is 4.08. The second-order valence-corrected chi connectivity index (χ2v) is 5.87. The van der Waals surface area contributed by atoms with Gasteiger partial charge in [-0.3, -0.25) is 9.20 Å². The smallest absolute Gasteiger partial charge is 0.342 e. The van der Waals surface area contributed by atoms with Crippen LogP contribution in [-0.4, -0.2) is 22.5 Å². The van der Waals surface area contributed by atoms with Crippen molar-refractivity contribution in [1.29, 1.82) is 0 Å². The number of hydrogen-bond acceptors (Lipinski definition) is 6. The number of rotatable bonds is 4. The Morgan fingerprint density at radius 3 is 3.00 bits per heavy atom. The number of carbonyl (C=O) groups excluding carboxylic acids is 1. The number of nitrogens with zero attached hydrogens (tertiary/aromatic N) is 2. The molecule has 0 aliphatic carbocycles. The zero-order valence-corrected chi connectivity index (χ0v) is 13.6. The minimum atomic E-state index is -0.600. The van der Waals surface area contributed by atoms with Gasteiger partial charge >= 0.3 is 5.97 Å². The third kappa shape index (κ3) is 3.20. The maximum Gasteiger partial charge on any atom is 0.342 e. The van der Waals surface area contributed by atoms with Crippen molar-refractivity contribution < 1.29 is 14.3 Å². The molecule has 1 aromatic carbocycles. The van der Waals surface area contributed by atoms with E-state index in [4.69, 9.17) is 21.1 Å². The van der Waals surface area contributed by atoms with Gasteiger partial charge in [0, 0.05) is 22.7 Å². The van der Waals surface area contributed by atoms with Crippen molar-refractivity contribution in [2.45, 2.75) is 6.61 Å². The van der Waals surface area contributed by atoms with Gasteiger partial charge in [0.05, 0.1) is 12.8 Å². The molecule has 0 N–H and O–H groups in total. The van der Waals surface area contributed by atoms with Gasteiger partial charge in [-0.05, 0) is 18.2 Å². The maximum absolute atomic E-state index is 12.2. The van der Waals surface area contributed by atoms with Crippen molar-refractivity contribution in [2.24, 2.45) is 0 Å². The van der Waals surface area contributed by atoms with Crippen LogP contribution in [0.25, 0.3) is 4.96 Å². The van der Waals surface area contributed by atoms with Crippen molar-refractivity contribution >= 4 is 33.9 Å². The normalized spacial score (nSPS) is 10.7. The maximum atomic E-state index is 12.2. The van der Waals surface area contributed by atoms with Crippen LogP contribution in [0.5, 0.6) is 5.75 Å². The van der Waals surface area contributed by atoms with Gasteiger partial charge in [-0.1, -0.05) is 11.6 Å². The Bertz CT molecular complexity index is 935. The summed E-state index contributed by atoms with van der Waals surface area (Å²) in [4.78, 5) is 28.9. The van der Waals surface area contributed by atoms with Crippen molar-refractivity contribution in [3.05, 3.63) is 62.5 Å². The van der Waals surface area contributed by atoms with Gasteiger partial charge in [0.2, 0.25) is 0 Å². The number of fused-ring (bicyclic) bond motifs is 1. The fourth-order valence-electron chi connectivity index (χ4n) is 2.02. The lowest BCUT2D eigenvalue weighted by Crippen LogP contribution is -2.15. The number of methoxy groups -OCH3 is 1. The molecule has 0 atom stereocenters. The zero-order valence-electron chi connectivity index (χ0n) is 12.0. The highest BCUT2D eigenvalue weighted by Crippen LogP contribution is 2.23. The SMILES string of the molecule is COc1ccc(Cl)cc1C(=O)OCc1cc(=O)n2ccsc2n1. The first-order valence-corrected chi connectivity index (χ1v) is 7.80. The van der Waals surface area contributed by atoms with Gasteiger partial charge < -0.3 is 9.47 Å². The molecule has 8 heteroatoms. The summed E-state index contributed by atoms with van der Waals surface area (Å²) in [6.07, 6.45) is 1.64. The van der Waals surface area contributed by atoms with Gasteiger partial charge in [0.25, 0.3) is 5.56 Å². The molecule has 2 heterocycles. The molecule has 0 bridgehead atoms. The molecular weight excluding hydrogens is 340 g/mol. The summed E-state index contributed by atoms with van der Waals surface area (Å²) in [6.45, 7) is -0.113. The lowest BCUT2D eigenvalue weighted by molar-refractivity contribution is 0.0464. The number of esters is 1. The summed E-state index contributed by atoms with van der Waals surface area (Å²) in [5.74, 6) is -0.237. The molecule has 0 unspecified atom stereocenters. The molecule has 6 nitrogen and oxygen atoms in total. The molecule has 3 aromatic rings. The highest BCUT2D eigenvalue weighted by atomic mass is 35.5. The molecule has 0 aliphatic rings. The topological polar surface area (TPSA) is 69.9 Å². The number of halogens is 1. The average molecular weight is 351 g/mol. The van der Waals surface area contributed by atoms with Crippen LogP contribution in [0, 0.1) is 0 Å². The first-order valence-electron chi connectivity index (χ1n) is 6.55. The predicted molar refractivity (Wildman–Crippen MR) is 86.5 cm³/mol. The largest absolute Gasteiger partial charge is 0.496 e.